The van der Waals surface area contributed by atoms with Gasteiger partial charge < -0.3 is 0 Å². The predicted octanol–water partition coefficient (Wildman–Crippen LogP) is 3.07. The van der Waals surface area contributed by atoms with E-state index in [1.54, 1.807) is 12.1 Å². The van der Waals surface area contributed by atoms with Crippen LogP contribution in [0.25, 0.3) is 0 Å². The number of carbonyl (C=O) groups is 2. The van der Waals surface area contributed by atoms with E-state index >= 15 is 0 Å². The summed E-state index contributed by atoms with van der Waals surface area (Å²) in [5.74, 6) is -8.86. The molecule has 8 nitrogen and oxygen atoms in total. The summed E-state index contributed by atoms with van der Waals surface area (Å²) >= 11 is 0. The van der Waals surface area contributed by atoms with Crippen LogP contribution in [0.2, 0.25) is 0 Å². The summed E-state index contributed by atoms with van der Waals surface area (Å²) in [5.41, 5.74) is -0.300. The van der Waals surface area contributed by atoms with Gasteiger partial charge in [-0.2, -0.15) is 21.0 Å². The van der Waals surface area contributed by atoms with Crippen LogP contribution in [-0.4, -0.2) is 21.5 Å². The number of hydrogen-bond donors (Lipinski definition) is 0. The molecule has 0 saturated heterocycles. The molecule has 3 aliphatic rings. The zero-order valence-electron chi connectivity index (χ0n) is 18.6. The Bertz CT molecular complexity index is 1370. The molecule has 0 radical (unpaired) electrons. The van der Waals surface area contributed by atoms with Gasteiger partial charge in [0.25, 0.3) is 0 Å². The normalized spacial score (nSPS) is 32.5. The number of nitrogens with zero attached hydrogens (tertiary/aromatic N) is 6. The summed E-state index contributed by atoms with van der Waals surface area (Å²) in [4.78, 5) is 34.3. The Kier molecular flexibility index (Phi) is 5.54. The van der Waals surface area contributed by atoms with Crippen LogP contribution in [0.4, 0.5) is 8.78 Å². The Balaban J connectivity index is 1.52. The summed E-state index contributed by atoms with van der Waals surface area (Å²) in [6.45, 7) is 0. The van der Waals surface area contributed by atoms with E-state index in [1.807, 2.05) is 0 Å². The second kappa shape index (κ2) is 8.59. The second-order valence-electron chi connectivity index (χ2n) is 9.49. The highest BCUT2D eigenvalue weighted by Gasteiger charge is 2.61. The van der Waals surface area contributed by atoms with E-state index in [4.69, 9.17) is 10.5 Å². The van der Waals surface area contributed by atoms with Crippen LogP contribution in [-0.2, 0) is 9.59 Å². The molecule has 0 N–H and O–H groups in total. The summed E-state index contributed by atoms with van der Waals surface area (Å²) < 4.78 is 29.3. The van der Waals surface area contributed by atoms with Crippen molar-refractivity contribution in [1.82, 2.24) is 9.97 Å². The van der Waals surface area contributed by atoms with Gasteiger partial charge in [-0.05, 0) is 36.8 Å². The lowest BCUT2D eigenvalue weighted by molar-refractivity contribution is -0.127. The first kappa shape index (κ1) is 23.2. The standard InChI is InChI=1S/C26H16F2N6O2/c27-21-9-33-11(5-29)1-17(21)23-19(7-31)13-3-14-16(4-15(13)25(23)35)26(36)24(20(14)8-32)18-2-12(6-30)34-10-22(18)28/h1-2,9-10,13-16,19-20,23-24H,3-4H2. The van der Waals surface area contributed by atoms with Crippen molar-refractivity contribution in [2.24, 2.45) is 35.5 Å². The number of nitriles is 4. The molecule has 2 aromatic rings. The number of Topliss-reactive ketones (excluding diaryl/α,β-unsaturated/α-hetero) is 2. The molecule has 0 spiro atoms. The Morgan fingerprint density at radius 1 is 0.722 bits per heavy atom. The number of carbonyl (C=O) groups excluding carboxylic acids is 2. The van der Waals surface area contributed by atoms with Crippen LogP contribution >= 0.6 is 0 Å². The van der Waals surface area contributed by atoms with E-state index in [1.165, 1.54) is 12.1 Å². The number of ketones is 2. The molecule has 3 saturated carbocycles. The SMILES string of the molecule is N#Cc1cc(C2C(=O)C3CC4C(=O)C(c5cc(C#N)ncc5F)C(C#N)C4CC3C2C#N)c(F)cn1. The molecule has 8 unspecified atom stereocenters. The first-order chi connectivity index (χ1) is 17.3. The Morgan fingerprint density at radius 2 is 1.14 bits per heavy atom. The fourth-order valence-electron chi connectivity index (χ4n) is 6.57. The molecule has 10 heteroatoms. The lowest BCUT2D eigenvalue weighted by Crippen LogP contribution is -2.34. The maximum Gasteiger partial charge on any atom is 0.145 e. The lowest BCUT2D eigenvalue weighted by Gasteiger charge is -2.35. The average Bonchev–Trinajstić information content (AvgIpc) is 3.33. The number of aromatic nitrogens is 2. The highest BCUT2D eigenvalue weighted by Crippen LogP contribution is 2.59. The summed E-state index contributed by atoms with van der Waals surface area (Å²) in [6.07, 6.45) is 1.98. The molecule has 0 bridgehead atoms. The van der Waals surface area contributed by atoms with Gasteiger partial charge in [-0.15, -0.1) is 0 Å². The predicted molar refractivity (Wildman–Crippen MR) is 115 cm³/mol. The molecule has 0 aliphatic heterocycles. The van der Waals surface area contributed by atoms with Crippen molar-refractivity contribution in [3.8, 4) is 24.3 Å². The minimum absolute atomic E-state index is 0.0680. The third kappa shape index (κ3) is 3.27. The van der Waals surface area contributed by atoms with Crippen molar-refractivity contribution in [2.45, 2.75) is 24.7 Å². The third-order valence-corrected chi connectivity index (χ3v) is 8.04. The highest BCUT2D eigenvalue weighted by atomic mass is 19.1. The van der Waals surface area contributed by atoms with Gasteiger partial charge in [-0.1, -0.05) is 0 Å². The number of hydrogen-bond acceptors (Lipinski definition) is 8. The van der Waals surface area contributed by atoms with Gasteiger partial charge in [-0.3, -0.25) is 9.59 Å². The van der Waals surface area contributed by atoms with Gasteiger partial charge in [0.1, 0.15) is 46.7 Å². The molecular formula is C26H16F2N6O2. The molecule has 2 heterocycles. The van der Waals surface area contributed by atoms with E-state index < -0.39 is 59.0 Å². The van der Waals surface area contributed by atoms with Gasteiger partial charge in [0.05, 0.1) is 48.2 Å². The van der Waals surface area contributed by atoms with Crippen LogP contribution < -0.4 is 0 Å². The topological polar surface area (TPSA) is 155 Å². The molecule has 0 aromatic carbocycles. The molecule has 2 aromatic heterocycles. The molecule has 3 aliphatic carbocycles. The molecule has 5 rings (SSSR count). The maximum absolute atomic E-state index is 14.7. The molecular weight excluding hydrogens is 466 g/mol. The monoisotopic (exact) mass is 482 g/mol. The molecule has 8 atom stereocenters. The quantitative estimate of drug-likeness (QED) is 0.632. The molecule has 36 heavy (non-hydrogen) atoms. The van der Waals surface area contributed by atoms with Crippen molar-refractivity contribution >= 4 is 11.6 Å². The van der Waals surface area contributed by atoms with E-state index in [9.17, 15) is 28.9 Å². The van der Waals surface area contributed by atoms with Crippen LogP contribution in [0.1, 0.15) is 47.2 Å². The van der Waals surface area contributed by atoms with Gasteiger partial charge in [-0.25, -0.2) is 18.7 Å². The van der Waals surface area contributed by atoms with Crippen LogP contribution in [0, 0.1) is 92.5 Å². The largest absolute Gasteiger partial charge is 0.299 e. The van der Waals surface area contributed by atoms with Crippen molar-refractivity contribution in [2.75, 3.05) is 0 Å². The average molecular weight is 482 g/mol. The molecule has 176 valence electrons. The van der Waals surface area contributed by atoms with Crippen molar-refractivity contribution in [1.29, 1.82) is 21.0 Å². The second-order valence-corrected chi connectivity index (χ2v) is 9.49. The first-order valence-electron chi connectivity index (χ1n) is 11.3. The summed E-state index contributed by atoms with van der Waals surface area (Å²) in [6, 6.07) is 10.2. The number of halogens is 2. The zero-order chi connectivity index (χ0) is 25.7. The van der Waals surface area contributed by atoms with E-state index in [0.717, 1.165) is 12.4 Å². The van der Waals surface area contributed by atoms with E-state index in [-0.39, 0.29) is 46.9 Å². The highest BCUT2D eigenvalue weighted by molar-refractivity contribution is 5.95. The maximum atomic E-state index is 14.7. The minimum atomic E-state index is -1.11. The third-order valence-electron chi connectivity index (χ3n) is 8.04. The van der Waals surface area contributed by atoms with Crippen molar-refractivity contribution in [3.63, 3.8) is 0 Å². The van der Waals surface area contributed by atoms with Crippen molar-refractivity contribution in [3.05, 3.63) is 58.7 Å². The lowest BCUT2D eigenvalue weighted by atomic mass is 9.67. The number of fused-ring (bicyclic) bond motifs is 2. The summed E-state index contributed by atoms with van der Waals surface area (Å²) in [7, 11) is 0. The fourth-order valence-corrected chi connectivity index (χ4v) is 6.57. The number of rotatable bonds is 2. The van der Waals surface area contributed by atoms with Gasteiger partial charge in [0.15, 0.2) is 0 Å². The van der Waals surface area contributed by atoms with Gasteiger partial charge in [0, 0.05) is 23.0 Å². The smallest absolute Gasteiger partial charge is 0.145 e. The first-order valence-corrected chi connectivity index (χ1v) is 11.3. The minimum Gasteiger partial charge on any atom is -0.299 e. The summed E-state index contributed by atoms with van der Waals surface area (Å²) in [5, 5.41) is 38.3. The van der Waals surface area contributed by atoms with Crippen LogP contribution in [0.5, 0.6) is 0 Å². The van der Waals surface area contributed by atoms with Gasteiger partial charge >= 0.3 is 0 Å². The van der Waals surface area contributed by atoms with Crippen LogP contribution in [0.15, 0.2) is 24.5 Å². The fraction of sp³-hybridized carbons (Fsp3) is 0.385. The zero-order valence-corrected chi connectivity index (χ0v) is 18.6. The molecule has 0 amide bonds. The Hall–Kier alpha value is -4.54. The Labute approximate surface area is 204 Å². The Morgan fingerprint density at radius 3 is 1.50 bits per heavy atom. The van der Waals surface area contributed by atoms with Crippen molar-refractivity contribution < 1.29 is 18.4 Å². The van der Waals surface area contributed by atoms with Gasteiger partial charge in [0.2, 0.25) is 0 Å². The van der Waals surface area contributed by atoms with E-state index in [0.29, 0.717) is 0 Å². The van der Waals surface area contributed by atoms with E-state index in [2.05, 4.69) is 22.1 Å². The van der Waals surface area contributed by atoms with Crippen LogP contribution in [0.3, 0.4) is 0 Å². The molecule has 3 fully saturated rings. The number of pyridine rings is 2.